The van der Waals surface area contributed by atoms with E-state index in [1.54, 1.807) is 0 Å². The normalized spacial score (nSPS) is 15.9. The first-order valence-corrected chi connectivity index (χ1v) is 11.5. The second-order valence-corrected chi connectivity index (χ2v) is 10.3. The first-order chi connectivity index (χ1) is 12.2. The first kappa shape index (κ1) is 19.4. The number of benzene rings is 2. The zero-order valence-electron chi connectivity index (χ0n) is 13.5. The van der Waals surface area contributed by atoms with Crippen molar-refractivity contribution in [2.45, 2.75) is 22.6 Å². The molecule has 0 amide bonds. The molecule has 0 aromatic heterocycles. The minimum Gasteiger partial charge on any atom is -0.278 e. The van der Waals surface area contributed by atoms with Crippen LogP contribution in [0.25, 0.3) is 0 Å². The van der Waals surface area contributed by atoms with Crippen molar-refractivity contribution in [3.05, 3.63) is 52.5 Å². The highest BCUT2D eigenvalue weighted by Gasteiger charge is 2.27. The predicted octanol–water partition coefficient (Wildman–Crippen LogP) is 3.58. The van der Waals surface area contributed by atoms with Crippen LogP contribution in [0.1, 0.15) is 12.8 Å². The number of rotatable bonds is 5. The molecule has 1 heterocycles. The van der Waals surface area contributed by atoms with Crippen LogP contribution in [0.3, 0.4) is 0 Å². The lowest BCUT2D eigenvalue weighted by Gasteiger charge is -2.16. The van der Waals surface area contributed by atoms with Crippen molar-refractivity contribution in [3.8, 4) is 0 Å². The molecule has 0 saturated carbocycles. The van der Waals surface area contributed by atoms with Crippen LogP contribution in [-0.4, -0.2) is 34.2 Å². The van der Waals surface area contributed by atoms with E-state index in [2.05, 4.69) is 4.72 Å². The fraction of sp³-hybridized carbons (Fsp3) is 0.250. The van der Waals surface area contributed by atoms with Crippen LogP contribution in [0.15, 0.2) is 52.3 Å². The maximum atomic E-state index is 12.5. The van der Waals surface area contributed by atoms with Gasteiger partial charge in [-0.15, -0.1) is 0 Å². The second kappa shape index (κ2) is 7.36. The summed E-state index contributed by atoms with van der Waals surface area (Å²) in [5.41, 5.74) is 0.185. The molecule has 6 nitrogen and oxygen atoms in total. The van der Waals surface area contributed by atoms with Crippen LogP contribution in [0.4, 0.5) is 5.69 Å². The molecule has 0 bridgehead atoms. The van der Waals surface area contributed by atoms with E-state index in [1.165, 1.54) is 46.8 Å². The molecular weight excluding hydrogens is 419 g/mol. The molecule has 0 spiro atoms. The molecule has 1 fully saturated rings. The number of halogens is 2. The van der Waals surface area contributed by atoms with Crippen molar-refractivity contribution < 1.29 is 16.8 Å². The molecular formula is C16H16Cl2N2O4S2. The number of hydrogen-bond acceptors (Lipinski definition) is 4. The molecule has 0 unspecified atom stereocenters. The van der Waals surface area contributed by atoms with E-state index in [0.29, 0.717) is 18.1 Å². The fourth-order valence-corrected chi connectivity index (χ4v) is 5.75. The minimum atomic E-state index is -3.92. The Labute approximate surface area is 162 Å². The summed E-state index contributed by atoms with van der Waals surface area (Å²) in [6.07, 6.45) is 1.66. The molecule has 3 rings (SSSR count). The van der Waals surface area contributed by atoms with Gasteiger partial charge in [-0.3, -0.25) is 4.72 Å². The van der Waals surface area contributed by atoms with Crippen LogP contribution in [0, 0.1) is 0 Å². The Morgan fingerprint density at radius 2 is 1.42 bits per heavy atom. The van der Waals surface area contributed by atoms with E-state index in [0.717, 1.165) is 12.8 Å². The lowest BCUT2D eigenvalue weighted by molar-refractivity contribution is 0.477. The molecule has 10 heteroatoms. The van der Waals surface area contributed by atoms with Crippen molar-refractivity contribution in [1.82, 2.24) is 4.31 Å². The Morgan fingerprint density at radius 3 is 2.00 bits per heavy atom. The van der Waals surface area contributed by atoms with Gasteiger partial charge in [0.15, 0.2) is 0 Å². The second-order valence-electron chi connectivity index (χ2n) is 5.81. The monoisotopic (exact) mass is 434 g/mol. The summed E-state index contributed by atoms with van der Waals surface area (Å²) in [5, 5.41) is 0.545. The third kappa shape index (κ3) is 3.99. The van der Waals surface area contributed by atoms with Crippen LogP contribution in [-0.2, 0) is 20.0 Å². The lowest BCUT2D eigenvalue weighted by Crippen LogP contribution is -2.27. The number of nitrogens with zero attached hydrogens (tertiary/aromatic N) is 1. The van der Waals surface area contributed by atoms with E-state index < -0.39 is 20.0 Å². The van der Waals surface area contributed by atoms with Crippen LogP contribution >= 0.6 is 23.2 Å². The van der Waals surface area contributed by atoms with Gasteiger partial charge in [0, 0.05) is 18.1 Å². The minimum absolute atomic E-state index is 0.0658. The Hall–Kier alpha value is -1.32. The van der Waals surface area contributed by atoms with Gasteiger partial charge in [-0.25, -0.2) is 16.8 Å². The van der Waals surface area contributed by atoms with Gasteiger partial charge in [-0.2, -0.15) is 4.31 Å². The number of sulfonamides is 2. The summed E-state index contributed by atoms with van der Waals surface area (Å²) in [5.74, 6) is 0. The molecule has 140 valence electrons. The zero-order chi connectivity index (χ0) is 18.9. The third-order valence-electron chi connectivity index (χ3n) is 4.01. The summed E-state index contributed by atoms with van der Waals surface area (Å²) in [7, 11) is -7.50. The van der Waals surface area contributed by atoms with Gasteiger partial charge in [-0.05, 0) is 55.3 Å². The topological polar surface area (TPSA) is 83.5 Å². The molecule has 2 aromatic carbocycles. The largest absolute Gasteiger partial charge is 0.278 e. The van der Waals surface area contributed by atoms with Crippen molar-refractivity contribution in [3.63, 3.8) is 0 Å². The highest BCUT2D eigenvalue weighted by molar-refractivity contribution is 7.92. The lowest BCUT2D eigenvalue weighted by atomic mass is 10.3. The van der Waals surface area contributed by atoms with Crippen LogP contribution in [0.2, 0.25) is 10.0 Å². The highest BCUT2D eigenvalue weighted by Crippen LogP contribution is 2.28. The number of nitrogens with one attached hydrogen (secondary N) is 1. The SMILES string of the molecule is O=S(=O)(Nc1ccc(Cl)cc1Cl)c1ccc(S(=O)(=O)N2CCCC2)cc1. The molecule has 0 atom stereocenters. The van der Waals surface area contributed by atoms with Gasteiger partial charge in [0.25, 0.3) is 10.0 Å². The van der Waals surface area contributed by atoms with Gasteiger partial charge < -0.3 is 0 Å². The van der Waals surface area contributed by atoms with Crippen LogP contribution < -0.4 is 4.72 Å². The quantitative estimate of drug-likeness (QED) is 0.778. The molecule has 2 aromatic rings. The third-order valence-corrected chi connectivity index (χ3v) is 7.85. The summed E-state index contributed by atoms with van der Waals surface area (Å²) < 4.78 is 53.7. The van der Waals surface area contributed by atoms with Crippen molar-refractivity contribution in [2.75, 3.05) is 17.8 Å². The molecule has 0 aliphatic carbocycles. The first-order valence-electron chi connectivity index (χ1n) is 7.78. The van der Waals surface area contributed by atoms with Crippen molar-refractivity contribution in [1.29, 1.82) is 0 Å². The Bertz CT molecular complexity index is 1020. The van der Waals surface area contributed by atoms with Gasteiger partial charge in [0.1, 0.15) is 0 Å². The van der Waals surface area contributed by atoms with Gasteiger partial charge in [0.05, 0.1) is 20.5 Å². The molecule has 26 heavy (non-hydrogen) atoms. The van der Waals surface area contributed by atoms with Gasteiger partial charge >= 0.3 is 0 Å². The highest BCUT2D eigenvalue weighted by atomic mass is 35.5. The Balaban J connectivity index is 1.85. The maximum Gasteiger partial charge on any atom is 0.261 e. The predicted molar refractivity (Wildman–Crippen MR) is 102 cm³/mol. The van der Waals surface area contributed by atoms with E-state index in [4.69, 9.17) is 23.2 Å². The molecule has 1 aliphatic heterocycles. The number of hydrogen-bond donors (Lipinski definition) is 1. The van der Waals surface area contributed by atoms with Gasteiger partial charge in [0.2, 0.25) is 10.0 Å². The standard InChI is InChI=1S/C16H16Cl2N2O4S2/c17-12-3-8-16(15(18)11-12)19-25(21,22)13-4-6-14(7-5-13)26(23,24)20-9-1-2-10-20/h3-8,11,19H,1-2,9-10H2. The number of anilines is 1. The Kier molecular flexibility index (Phi) is 5.50. The molecule has 0 radical (unpaired) electrons. The zero-order valence-corrected chi connectivity index (χ0v) is 16.7. The van der Waals surface area contributed by atoms with Crippen LogP contribution in [0.5, 0.6) is 0 Å². The Morgan fingerprint density at radius 1 is 0.846 bits per heavy atom. The van der Waals surface area contributed by atoms with Gasteiger partial charge in [-0.1, -0.05) is 23.2 Å². The fourth-order valence-electron chi connectivity index (χ4n) is 2.64. The summed E-state index contributed by atoms with van der Waals surface area (Å²) >= 11 is 11.8. The summed E-state index contributed by atoms with van der Waals surface area (Å²) in [6.45, 7) is 0.970. The average Bonchev–Trinajstić information content (AvgIpc) is 3.13. The van der Waals surface area contributed by atoms with E-state index >= 15 is 0 Å². The molecule has 1 saturated heterocycles. The van der Waals surface area contributed by atoms with Crippen molar-refractivity contribution >= 4 is 48.9 Å². The average molecular weight is 435 g/mol. The molecule has 1 N–H and O–H groups in total. The summed E-state index contributed by atoms with van der Waals surface area (Å²) in [4.78, 5) is 0.00626. The summed E-state index contributed by atoms with van der Waals surface area (Å²) in [6, 6.07) is 9.50. The smallest absolute Gasteiger partial charge is 0.261 e. The maximum absolute atomic E-state index is 12.5. The molecule has 1 aliphatic rings. The van der Waals surface area contributed by atoms with Crippen molar-refractivity contribution in [2.24, 2.45) is 0 Å². The van der Waals surface area contributed by atoms with E-state index in [1.807, 2.05) is 0 Å². The van der Waals surface area contributed by atoms with E-state index in [9.17, 15) is 16.8 Å². The van der Waals surface area contributed by atoms with E-state index in [-0.39, 0.29) is 20.5 Å².